The lowest BCUT2D eigenvalue weighted by atomic mass is 10.1. The number of nitrogens with two attached hydrogens (primary N) is 1. The van der Waals surface area contributed by atoms with E-state index in [4.69, 9.17) is 5.73 Å². The van der Waals surface area contributed by atoms with Gasteiger partial charge in [0.2, 0.25) is 0 Å². The predicted molar refractivity (Wildman–Crippen MR) is 67.7 cm³/mol. The molecule has 0 aromatic carbocycles. The Balaban J connectivity index is 1.98. The Kier molecular flexibility index (Phi) is 3.19. The number of amides is 1. The van der Waals surface area contributed by atoms with Crippen molar-refractivity contribution >= 4 is 22.9 Å². The number of anilines is 1. The minimum atomic E-state index is 0.0314. The molecule has 2 unspecified atom stereocenters. The minimum absolute atomic E-state index is 0.0314. The second-order valence-corrected chi connectivity index (χ2v) is 5.97. The van der Waals surface area contributed by atoms with Crippen LogP contribution < -0.4 is 11.1 Å². The van der Waals surface area contributed by atoms with Gasteiger partial charge in [-0.25, -0.2) is 0 Å². The van der Waals surface area contributed by atoms with Crippen molar-refractivity contribution in [1.82, 2.24) is 5.32 Å². The summed E-state index contributed by atoms with van der Waals surface area (Å²) in [5.41, 5.74) is 6.46. The van der Waals surface area contributed by atoms with Gasteiger partial charge in [-0.1, -0.05) is 6.92 Å². The van der Waals surface area contributed by atoms with Crippen molar-refractivity contribution < 1.29 is 4.79 Å². The van der Waals surface area contributed by atoms with E-state index in [-0.39, 0.29) is 5.91 Å². The van der Waals surface area contributed by atoms with Gasteiger partial charge in [-0.2, -0.15) is 0 Å². The highest BCUT2D eigenvalue weighted by molar-refractivity contribution is 7.14. The first-order valence-electron chi connectivity index (χ1n) is 5.73. The molecule has 88 valence electrons. The van der Waals surface area contributed by atoms with Crippen LogP contribution in [0.3, 0.4) is 0 Å². The third-order valence-corrected chi connectivity index (χ3v) is 4.28. The summed E-state index contributed by atoms with van der Waals surface area (Å²) >= 11 is 1.47. The number of hydrogen-bond acceptors (Lipinski definition) is 3. The first-order valence-corrected chi connectivity index (χ1v) is 6.54. The van der Waals surface area contributed by atoms with Crippen LogP contribution in [-0.2, 0) is 0 Å². The zero-order chi connectivity index (χ0) is 11.7. The van der Waals surface area contributed by atoms with E-state index < -0.39 is 0 Å². The highest BCUT2D eigenvalue weighted by atomic mass is 32.1. The summed E-state index contributed by atoms with van der Waals surface area (Å²) in [7, 11) is 0. The summed E-state index contributed by atoms with van der Waals surface area (Å²) in [6, 6.07) is 2.12. The third kappa shape index (κ3) is 2.38. The molecule has 1 fully saturated rings. The normalized spacial score (nSPS) is 24.6. The Bertz CT molecular complexity index is 380. The molecule has 2 atom stereocenters. The first-order chi connectivity index (χ1) is 7.56. The molecule has 3 nitrogen and oxygen atoms in total. The third-order valence-electron chi connectivity index (χ3n) is 3.21. The molecule has 3 N–H and O–H groups in total. The fourth-order valence-corrected chi connectivity index (χ4v) is 3.05. The Morgan fingerprint density at radius 2 is 2.31 bits per heavy atom. The van der Waals surface area contributed by atoms with Crippen LogP contribution in [0.1, 0.15) is 40.7 Å². The van der Waals surface area contributed by atoms with Gasteiger partial charge in [0.05, 0.1) is 4.88 Å². The van der Waals surface area contributed by atoms with Gasteiger partial charge in [0.25, 0.3) is 5.91 Å². The maximum Gasteiger partial charge on any atom is 0.261 e. The van der Waals surface area contributed by atoms with Crippen molar-refractivity contribution in [3.05, 3.63) is 15.8 Å². The predicted octanol–water partition coefficient (Wildman–Crippen LogP) is 2.56. The van der Waals surface area contributed by atoms with Crippen LogP contribution in [0, 0.1) is 12.8 Å². The Morgan fingerprint density at radius 1 is 1.56 bits per heavy atom. The van der Waals surface area contributed by atoms with Crippen LogP contribution in [0.2, 0.25) is 0 Å². The molecular weight excluding hydrogens is 220 g/mol. The van der Waals surface area contributed by atoms with E-state index in [2.05, 4.69) is 12.2 Å². The number of carbonyl (C=O) groups is 1. The molecular formula is C12H18N2OS. The number of nitrogens with one attached hydrogen (secondary N) is 1. The number of aryl methyl sites for hydroxylation is 1. The van der Waals surface area contributed by atoms with Crippen LogP contribution in [0.4, 0.5) is 5.69 Å². The van der Waals surface area contributed by atoms with Crippen molar-refractivity contribution in [2.45, 2.75) is 39.2 Å². The fraction of sp³-hybridized carbons (Fsp3) is 0.583. The van der Waals surface area contributed by atoms with Gasteiger partial charge in [-0.3, -0.25) is 4.79 Å². The molecule has 2 rings (SSSR count). The highest BCUT2D eigenvalue weighted by Gasteiger charge is 2.23. The van der Waals surface area contributed by atoms with Crippen molar-refractivity contribution in [3.63, 3.8) is 0 Å². The first kappa shape index (κ1) is 11.5. The van der Waals surface area contributed by atoms with Gasteiger partial charge >= 0.3 is 0 Å². The number of nitrogen functional groups attached to an aromatic ring is 1. The molecule has 4 heteroatoms. The van der Waals surface area contributed by atoms with E-state index in [1.807, 2.05) is 6.92 Å². The second kappa shape index (κ2) is 4.45. The molecule has 16 heavy (non-hydrogen) atoms. The van der Waals surface area contributed by atoms with Gasteiger partial charge in [0.1, 0.15) is 0 Å². The topological polar surface area (TPSA) is 55.1 Å². The SMILES string of the molecule is Cc1sc(C(=O)NC2CCC(C)C2)cc1N. The molecule has 1 heterocycles. The summed E-state index contributed by atoms with van der Waals surface area (Å²) in [4.78, 5) is 13.7. The lowest BCUT2D eigenvalue weighted by molar-refractivity contribution is 0.0941. The molecule has 1 amide bonds. The lowest BCUT2D eigenvalue weighted by Crippen LogP contribution is -2.32. The molecule has 0 bridgehead atoms. The fourth-order valence-electron chi connectivity index (χ4n) is 2.20. The number of hydrogen-bond donors (Lipinski definition) is 2. The van der Waals surface area contributed by atoms with Gasteiger partial charge in [0, 0.05) is 16.6 Å². The second-order valence-electron chi connectivity index (χ2n) is 4.71. The van der Waals surface area contributed by atoms with E-state index in [0.29, 0.717) is 6.04 Å². The maximum absolute atomic E-state index is 11.9. The summed E-state index contributed by atoms with van der Waals surface area (Å²) in [6.07, 6.45) is 3.43. The maximum atomic E-state index is 11.9. The zero-order valence-electron chi connectivity index (χ0n) is 9.75. The molecule has 1 saturated carbocycles. The monoisotopic (exact) mass is 238 g/mol. The average Bonchev–Trinajstić information content (AvgIpc) is 2.75. The van der Waals surface area contributed by atoms with Crippen LogP contribution in [-0.4, -0.2) is 11.9 Å². The molecule has 1 aliphatic rings. The molecule has 1 aromatic rings. The summed E-state index contributed by atoms with van der Waals surface area (Å²) < 4.78 is 0. The number of carbonyl (C=O) groups excluding carboxylic acids is 1. The van der Waals surface area contributed by atoms with E-state index in [1.165, 1.54) is 17.8 Å². The van der Waals surface area contributed by atoms with Gasteiger partial charge in [-0.15, -0.1) is 11.3 Å². The van der Waals surface area contributed by atoms with Gasteiger partial charge < -0.3 is 11.1 Å². The van der Waals surface area contributed by atoms with Gasteiger partial charge in [0.15, 0.2) is 0 Å². The summed E-state index contributed by atoms with van der Waals surface area (Å²) in [5.74, 6) is 0.768. The van der Waals surface area contributed by atoms with Crippen molar-refractivity contribution in [3.8, 4) is 0 Å². The van der Waals surface area contributed by atoms with E-state index in [1.54, 1.807) is 6.07 Å². The van der Waals surface area contributed by atoms with Crippen LogP contribution in [0.25, 0.3) is 0 Å². The van der Waals surface area contributed by atoms with Crippen molar-refractivity contribution in [2.24, 2.45) is 5.92 Å². The molecule has 0 aliphatic heterocycles. The van der Waals surface area contributed by atoms with Crippen molar-refractivity contribution in [1.29, 1.82) is 0 Å². The lowest BCUT2D eigenvalue weighted by Gasteiger charge is -2.11. The average molecular weight is 238 g/mol. The van der Waals surface area contributed by atoms with Crippen LogP contribution in [0.15, 0.2) is 6.07 Å². The zero-order valence-corrected chi connectivity index (χ0v) is 10.6. The van der Waals surface area contributed by atoms with Crippen molar-refractivity contribution in [2.75, 3.05) is 5.73 Å². The molecule has 1 aromatic heterocycles. The molecule has 0 spiro atoms. The Morgan fingerprint density at radius 3 is 2.81 bits per heavy atom. The van der Waals surface area contributed by atoms with E-state index >= 15 is 0 Å². The molecule has 1 aliphatic carbocycles. The standard InChI is InChI=1S/C12H18N2OS/c1-7-3-4-9(5-7)14-12(15)11-6-10(13)8(2)16-11/h6-7,9H,3-5,13H2,1-2H3,(H,14,15). The minimum Gasteiger partial charge on any atom is -0.398 e. The number of rotatable bonds is 2. The van der Waals surface area contributed by atoms with E-state index in [9.17, 15) is 4.79 Å². The summed E-state index contributed by atoms with van der Waals surface area (Å²) in [5, 5.41) is 3.08. The van der Waals surface area contributed by atoms with Gasteiger partial charge in [-0.05, 0) is 38.2 Å². The highest BCUT2D eigenvalue weighted by Crippen LogP contribution is 2.27. The Labute approximate surface area is 100 Å². The van der Waals surface area contributed by atoms with Crippen LogP contribution >= 0.6 is 11.3 Å². The van der Waals surface area contributed by atoms with Crippen LogP contribution in [0.5, 0.6) is 0 Å². The quantitative estimate of drug-likeness (QED) is 0.832. The Hall–Kier alpha value is -1.03. The smallest absolute Gasteiger partial charge is 0.261 e. The largest absolute Gasteiger partial charge is 0.398 e. The molecule has 0 saturated heterocycles. The number of thiophene rings is 1. The van der Waals surface area contributed by atoms with E-state index in [0.717, 1.165) is 34.2 Å². The molecule has 0 radical (unpaired) electrons. The summed E-state index contributed by atoms with van der Waals surface area (Å²) in [6.45, 7) is 4.17.